The van der Waals surface area contributed by atoms with Crippen molar-refractivity contribution < 1.29 is 23.6 Å². The lowest BCUT2D eigenvalue weighted by Gasteiger charge is -2.11. The maximum Gasteiger partial charge on any atom is 0.312 e. The van der Waals surface area contributed by atoms with Gasteiger partial charge in [-0.2, -0.15) is 0 Å². The van der Waals surface area contributed by atoms with E-state index in [0.717, 1.165) is 31.0 Å². The van der Waals surface area contributed by atoms with E-state index in [0.29, 0.717) is 0 Å². The zero-order chi connectivity index (χ0) is 14.9. The average Bonchev–Trinajstić information content (AvgIpc) is 3.20. The molecule has 0 saturated heterocycles. The molecule has 20 heavy (non-hydrogen) atoms. The van der Waals surface area contributed by atoms with E-state index in [1.807, 2.05) is 0 Å². The quantitative estimate of drug-likeness (QED) is 0.513. The van der Waals surface area contributed by atoms with Gasteiger partial charge >= 0.3 is 5.69 Å². The van der Waals surface area contributed by atoms with Crippen molar-refractivity contribution >= 4 is 15.7 Å². The van der Waals surface area contributed by atoms with Gasteiger partial charge < -0.3 is 10.2 Å². The molecule has 110 valence electrons. The maximum absolute atomic E-state index is 11.9. The number of benzene rings is 1. The number of rotatable bonds is 6. The van der Waals surface area contributed by atoms with Crippen molar-refractivity contribution in [1.29, 1.82) is 0 Å². The Labute approximate surface area is 115 Å². The lowest BCUT2D eigenvalue weighted by atomic mass is 10.2. The summed E-state index contributed by atoms with van der Waals surface area (Å²) >= 11 is 0. The Hall–Kier alpha value is -1.71. The minimum absolute atomic E-state index is 0.117. The lowest BCUT2D eigenvalue weighted by Crippen LogP contribution is -2.33. The maximum atomic E-state index is 11.9. The van der Waals surface area contributed by atoms with Crippen molar-refractivity contribution in [2.75, 3.05) is 6.54 Å². The number of nitrogens with one attached hydrogen (secondary N) is 1. The van der Waals surface area contributed by atoms with E-state index in [4.69, 9.17) is 0 Å². The number of nitro groups is 1. The van der Waals surface area contributed by atoms with Crippen LogP contribution in [0.4, 0.5) is 5.69 Å². The molecule has 1 aromatic rings. The van der Waals surface area contributed by atoms with Crippen LogP contribution < -0.4 is 4.72 Å². The van der Waals surface area contributed by atoms with Crippen LogP contribution in [0.2, 0.25) is 0 Å². The molecule has 1 saturated carbocycles. The van der Waals surface area contributed by atoms with Crippen molar-refractivity contribution in [3.05, 3.63) is 28.3 Å². The van der Waals surface area contributed by atoms with Crippen LogP contribution in [0.25, 0.3) is 0 Å². The highest BCUT2D eigenvalue weighted by atomic mass is 32.2. The fourth-order valence-corrected chi connectivity index (χ4v) is 2.81. The number of hydrogen-bond donors (Lipinski definition) is 3. The summed E-state index contributed by atoms with van der Waals surface area (Å²) in [7, 11) is -3.96. The summed E-state index contributed by atoms with van der Waals surface area (Å²) in [6, 6.07) is 2.79. The highest BCUT2D eigenvalue weighted by Gasteiger charge is 2.31. The standard InChI is InChI=1S/C11H14N2O6S/c14-10-4-3-8(5-9(10)13(16)17)20(18,19)12-6-11(15)7-1-2-7/h3-5,7,11-12,14-15H,1-2,6H2. The third-order valence-electron chi connectivity index (χ3n) is 3.10. The van der Waals surface area contributed by atoms with E-state index in [9.17, 15) is 28.7 Å². The van der Waals surface area contributed by atoms with Gasteiger partial charge in [-0.1, -0.05) is 0 Å². The second-order valence-electron chi connectivity index (χ2n) is 4.66. The predicted molar refractivity (Wildman–Crippen MR) is 68.7 cm³/mol. The topological polar surface area (TPSA) is 130 Å². The van der Waals surface area contributed by atoms with Gasteiger partial charge in [0.15, 0.2) is 5.75 Å². The van der Waals surface area contributed by atoms with Gasteiger partial charge in [-0.3, -0.25) is 10.1 Å². The van der Waals surface area contributed by atoms with Gasteiger partial charge in [0.05, 0.1) is 15.9 Å². The van der Waals surface area contributed by atoms with Gasteiger partial charge in [-0.15, -0.1) is 0 Å². The third-order valence-corrected chi connectivity index (χ3v) is 4.52. The van der Waals surface area contributed by atoms with Crippen LogP contribution in [0.5, 0.6) is 5.75 Å². The third kappa shape index (κ3) is 3.24. The number of phenolic OH excluding ortho intramolecular Hbond substituents is 1. The normalized spacial score (nSPS) is 16.9. The average molecular weight is 302 g/mol. The highest BCUT2D eigenvalue weighted by molar-refractivity contribution is 7.89. The van der Waals surface area contributed by atoms with E-state index in [1.54, 1.807) is 0 Å². The molecule has 1 aliphatic carbocycles. The van der Waals surface area contributed by atoms with Gasteiger partial charge in [0.25, 0.3) is 0 Å². The number of hydrogen-bond acceptors (Lipinski definition) is 6. The predicted octanol–water partition coefficient (Wildman–Crippen LogP) is 0.350. The van der Waals surface area contributed by atoms with Crippen LogP contribution >= 0.6 is 0 Å². The summed E-state index contributed by atoms with van der Waals surface area (Å²) in [5.41, 5.74) is -0.685. The lowest BCUT2D eigenvalue weighted by molar-refractivity contribution is -0.386. The number of aliphatic hydroxyl groups excluding tert-OH is 1. The molecule has 8 nitrogen and oxygen atoms in total. The summed E-state index contributed by atoms with van der Waals surface area (Å²) in [5.74, 6) is -0.487. The van der Waals surface area contributed by atoms with Gasteiger partial charge in [0.2, 0.25) is 10.0 Å². The molecule has 1 fully saturated rings. The molecule has 0 aromatic heterocycles. The molecule has 0 spiro atoms. The molecule has 0 bridgehead atoms. The Kier molecular flexibility index (Phi) is 3.93. The molecule has 2 rings (SSSR count). The van der Waals surface area contributed by atoms with Crippen LogP contribution in [0.3, 0.4) is 0 Å². The molecule has 1 aliphatic rings. The fraction of sp³-hybridized carbons (Fsp3) is 0.455. The summed E-state index contributed by atoms with van der Waals surface area (Å²) in [4.78, 5) is 9.46. The van der Waals surface area contributed by atoms with Crippen LogP contribution in [-0.4, -0.2) is 36.2 Å². The minimum Gasteiger partial charge on any atom is -0.502 e. The summed E-state index contributed by atoms with van der Waals surface area (Å²) in [5, 5.41) is 29.5. The molecule has 1 aromatic carbocycles. The van der Waals surface area contributed by atoms with E-state index < -0.39 is 32.5 Å². The molecule has 0 aliphatic heterocycles. The van der Waals surface area contributed by atoms with E-state index >= 15 is 0 Å². The molecule has 0 amide bonds. The highest BCUT2D eigenvalue weighted by Crippen LogP contribution is 2.32. The first-order valence-electron chi connectivity index (χ1n) is 5.96. The summed E-state index contributed by atoms with van der Waals surface area (Å²) < 4.78 is 26.1. The van der Waals surface area contributed by atoms with Crippen LogP contribution in [0.1, 0.15) is 12.8 Å². The molecule has 9 heteroatoms. The SMILES string of the molecule is O=[N+]([O-])c1cc(S(=O)(=O)NCC(O)C2CC2)ccc1O. The van der Waals surface area contributed by atoms with Gasteiger partial charge in [-0.05, 0) is 30.9 Å². The number of nitro benzene ring substituents is 1. The largest absolute Gasteiger partial charge is 0.502 e. The Balaban J connectivity index is 2.16. The Morgan fingerprint density at radius 3 is 2.65 bits per heavy atom. The molecule has 1 atom stereocenters. The van der Waals surface area contributed by atoms with Crippen LogP contribution in [-0.2, 0) is 10.0 Å². The molecular formula is C11H14N2O6S. The van der Waals surface area contributed by atoms with Crippen molar-refractivity contribution in [2.24, 2.45) is 5.92 Å². The molecule has 0 heterocycles. The molecular weight excluding hydrogens is 288 g/mol. The number of aromatic hydroxyl groups is 1. The number of nitrogens with zero attached hydrogens (tertiary/aromatic N) is 1. The van der Waals surface area contributed by atoms with Crippen LogP contribution in [0.15, 0.2) is 23.1 Å². The first kappa shape index (κ1) is 14.7. The van der Waals surface area contributed by atoms with Crippen molar-refractivity contribution in [3.8, 4) is 5.75 Å². The number of aliphatic hydroxyl groups is 1. The second kappa shape index (κ2) is 5.35. The molecule has 0 radical (unpaired) electrons. The molecule has 1 unspecified atom stereocenters. The first-order valence-corrected chi connectivity index (χ1v) is 7.44. The summed E-state index contributed by atoms with van der Waals surface area (Å²) in [6.07, 6.45) is 0.984. The van der Waals surface area contributed by atoms with Crippen LogP contribution in [0, 0.1) is 16.0 Å². The number of sulfonamides is 1. The Morgan fingerprint density at radius 2 is 2.10 bits per heavy atom. The van der Waals surface area contributed by atoms with Gasteiger partial charge in [-0.25, -0.2) is 13.1 Å². The van der Waals surface area contributed by atoms with Gasteiger partial charge in [0.1, 0.15) is 0 Å². The van der Waals surface area contributed by atoms with E-state index in [-0.39, 0.29) is 17.4 Å². The number of phenols is 1. The zero-order valence-corrected chi connectivity index (χ0v) is 11.2. The Bertz CT molecular complexity index is 626. The van der Waals surface area contributed by atoms with Crippen molar-refractivity contribution in [1.82, 2.24) is 4.72 Å². The monoisotopic (exact) mass is 302 g/mol. The van der Waals surface area contributed by atoms with Crippen molar-refractivity contribution in [2.45, 2.75) is 23.8 Å². The van der Waals surface area contributed by atoms with Crippen molar-refractivity contribution in [3.63, 3.8) is 0 Å². The van der Waals surface area contributed by atoms with E-state index in [2.05, 4.69) is 4.72 Å². The first-order chi connectivity index (χ1) is 9.31. The van der Waals surface area contributed by atoms with Gasteiger partial charge in [0, 0.05) is 12.6 Å². The van der Waals surface area contributed by atoms with E-state index in [1.165, 1.54) is 0 Å². The Morgan fingerprint density at radius 1 is 1.45 bits per heavy atom. The zero-order valence-electron chi connectivity index (χ0n) is 10.4. The molecule has 3 N–H and O–H groups in total. The fourth-order valence-electron chi connectivity index (χ4n) is 1.74. The second-order valence-corrected chi connectivity index (χ2v) is 6.43. The smallest absolute Gasteiger partial charge is 0.312 e. The summed E-state index contributed by atoms with van der Waals surface area (Å²) in [6.45, 7) is -0.137. The minimum atomic E-state index is -3.96.